The number of halogens is 4. The number of benzene rings is 2. The predicted molar refractivity (Wildman–Crippen MR) is 73.5 cm³/mol. The smallest absolute Gasteiger partial charge is 0.406 e. The first kappa shape index (κ1) is 15.4. The second-order valence-corrected chi connectivity index (χ2v) is 4.69. The van der Waals surface area contributed by atoms with Crippen molar-refractivity contribution in [2.75, 3.05) is 0 Å². The van der Waals surface area contributed by atoms with Crippen LogP contribution >= 0.6 is 11.6 Å². The van der Waals surface area contributed by atoms with Gasteiger partial charge >= 0.3 is 6.36 Å². The Balaban J connectivity index is 2.42. The highest BCUT2D eigenvalue weighted by Crippen LogP contribution is 2.31. The van der Waals surface area contributed by atoms with E-state index < -0.39 is 11.6 Å². The van der Waals surface area contributed by atoms with Gasteiger partial charge in [0.05, 0.1) is 0 Å². The third kappa shape index (κ3) is 3.76. The van der Waals surface area contributed by atoms with Crippen molar-refractivity contribution in [1.82, 2.24) is 0 Å². The maximum Gasteiger partial charge on any atom is 0.573 e. The molecule has 2 aromatic carbocycles. The highest BCUT2D eigenvalue weighted by Gasteiger charge is 2.31. The van der Waals surface area contributed by atoms with Crippen molar-refractivity contribution in [1.29, 1.82) is 0 Å². The summed E-state index contributed by atoms with van der Waals surface area (Å²) in [5.74, 6) is -0.321. The Morgan fingerprint density at radius 3 is 2.24 bits per heavy atom. The standard InChI is InChI=1S/C15H10ClF3O2/c1-9-3-2-4-12(14(16)20)13(9)10-5-7-11(8-6-10)21-15(17,18)19/h2-8H,1H3. The minimum absolute atomic E-state index is 0.307. The van der Waals surface area contributed by atoms with Gasteiger partial charge in [-0.05, 0) is 53.4 Å². The molecule has 0 aliphatic carbocycles. The Hall–Kier alpha value is -2.01. The number of rotatable bonds is 3. The van der Waals surface area contributed by atoms with Crippen LogP contribution in [0.25, 0.3) is 11.1 Å². The molecule has 0 fully saturated rings. The summed E-state index contributed by atoms with van der Waals surface area (Å²) in [6, 6.07) is 10.3. The summed E-state index contributed by atoms with van der Waals surface area (Å²) in [5, 5.41) is -0.621. The number of alkyl halides is 3. The third-order valence-corrected chi connectivity index (χ3v) is 3.06. The molecule has 0 spiro atoms. The van der Waals surface area contributed by atoms with Crippen molar-refractivity contribution in [3.63, 3.8) is 0 Å². The monoisotopic (exact) mass is 314 g/mol. The molecular formula is C15H10ClF3O2. The van der Waals surface area contributed by atoms with E-state index in [1.54, 1.807) is 25.1 Å². The van der Waals surface area contributed by atoms with E-state index in [9.17, 15) is 18.0 Å². The third-order valence-electron chi connectivity index (χ3n) is 2.86. The number of carbonyl (C=O) groups excluding carboxylic acids is 1. The fourth-order valence-electron chi connectivity index (χ4n) is 2.04. The number of hydrogen-bond donors (Lipinski definition) is 0. The molecule has 0 aliphatic rings. The van der Waals surface area contributed by atoms with Gasteiger partial charge in [0.2, 0.25) is 0 Å². The van der Waals surface area contributed by atoms with Crippen LogP contribution in [0.1, 0.15) is 15.9 Å². The molecule has 0 radical (unpaired) electrons. The highest BCUT2D eigenvalue weighted by atomic mass is 35.5. The number of hydrogen-bond acceptors (Lipinski definition) is 2. The van der Waals surface area contributed by atoms with Crippen molar-refractivity contribution in [3.05, 3.63) is 53.6 Å². The Bertz CT molecular complexity index is 664. The summed E-state index contributed by atoms with van der Waals surface area (Å²) in [7, 11) is 0. The van der Waals surface area contributed by atoms with Crippen LogP contribution in [0.2, 0.25) is 0 Å². The number of ether oxygens (including phenoxy) is 1. The summed E-state index contributed by atoms with van der Waals surface area (Å²) in [4.78, 5) is 11.4. The van der Waals surface area contributed by atoms with Crippen LogP contribution in [0, 0.1) is 6.92 Å². The lowest BCUT2D eigenvalue weighted by atomic mass is 9.95. The Morgan fingerprint density at radius 1 is 1.10 bits per heavy atom. The summed E-state index contributed by atoms with van der Waals surface area (Å²) in [6.07, 6.45) is -4.73. The first-order valence-corrected chi connectivity index (χ1v) is 6.31. The number of carbonyl (C=O) groups is 1. The quantitative estimate of drug-likeness (QED) is 0.750. The van der Waals surface area contributed by atoms with E-state index in [4.69, 9.17) is 11.6 Å². The van der Waals surface area contributed by atoms with Gasteiger partial charge in [-0.2, -0.15) is 0 Å². The molecule has 21 heavy (non-hydrogen) atoms. The van der Waals surface area contributed by atoms with E-state index in [0.29, 0.717) is 16.7 Å². The molecule has 0 aliphatic heterocycles. The zero-order valence-electron chi connectivity index (χ0n) is 10.9. The van der Waals surface area contributed by atoms with Crippen LogP contribution in [0.15, 0.2) is 42.5 Å². The van der Waals surface area contributed by atoms with Crippen molar-refractivity contribution in [2.24, 2.45) is 0 Å². The van der Waals surface area contributed by atoms with Crippen LogP contribution < -0.4 is 4.74 Å². The van der Waals surface area contributed by atoms with E-state index >= 15 is 0 Å². The molecule has 0 unspecified atom stereocenters. The SMILES string of the molecule is Cc1cccc(C(=O)Cl)c1-c1ccc(OC(F)(F)F)cc1. The maximum absolute atomic E-state index is 12.1. The molecule has 2 nitrogen and oxygen atoms in total. The highest BCUT2D eigenvalue weighted by molar-refractivity contribution is 6.68. The summed E-state index contributed by atoms with van der Waals surface area (Å²) < 4.78 is 40.2. The molecule has 0 saturated carbocycles. The zero-order chi connectivity index (χ0) is 15.6. The second-order valence-electron chi connectivity index (χ2n) is 4.34. The molecule has 2 rings (SSSR count). The largest absolute Gasteiger partial charge is 0.573 e. The summed E-state index contributed by atoms with van der Waals surface area (Å²) in [6.45, 7) is 1.79. The second kappa shape index (κ2) is 5.77. The fraction of sp³-hybridized carbons (Fsp3) is 0.133. The molecular weight excluding hydrogens is 305 g/mol. The fourth-order valence-corrected chi connectivity index (χ4v) is 2.20. The normalized spacial score (nSPS) is 11.3. The lowest BCUT2D eigenvalue weighted by Gasteiger charge is -2.12. The molecule has 0 saturated heterocycles. The first-order chi connectivity index (χ1) is 9.78. The van der Waals surface area contributed by atoms with Gasteiger partial charge in [-0.3, -0.25) is 4.79 Å². The molecule has 6 heteroatoms. The average Bonchev–Trinajstić information content (AvgIpc) is 2.37. The van der Waals surface area contributed by atoms with E-state index in [-0.39, 0.29) is 5.75 Å². The lowest BCUT2D eigenvalue weighted by Crippen LogP contribution is -2.16. The molecule has 0 heterocycles. The van der Waals surface area contributed by atoms with Gasteiger partial charge in [0.15, 0.2) is 0 Å². The molecule has 0 aromatic heterocycles. The molecule has 0 atom stereocenters. The van der Waals surface area contributed by atoms with E-state index in [1.165, 1.54) is 24.3 Å². The van der Waals surface area contributed by atoms with Gasteiger partial charge in [-0.1, -0.05) is 24.3 Å². The lowest BCUT2D eigenvalue weighted by molar-refractivity contribution is -0.274. The van der Waals surface area contributed by atoms with Gasteiger partial charge in [0.1, 0.15) is 5.75 Å². The van der Waals surface area contributed by atoms with Gasteiger partial charge in [0.25, 0.3) is 5.24 Å². The van der Waals surface area contributed by atoms with Crippen LogP contribution in [-0.4, -0.2) is 11.6 Å². The Kier molecular flexibility index (Phi) is 4.23. The summed E-state index contributed by atoms with van der Waals surface area (Å²) in [5.41, 5.74) is 2.29. The zero-order valence-corrected chi connectivity index (χ0v) is 11.6. The van der Waals surface area contributed by atoms with Crippen LogP contribution in [-0.2, 0) is 0 Å². The summed E-state index contributed by atoms with van der Waals surface area (Å²) >= 11 is 5.54. The van der Waals surface area contributed by atoms with Crippen LogP contribution in [0.3, 0.4) is 0 Å². The van der Waals surface area contributed by atoms with E-state index in [0.717, 1.165) is 5.56 Å². The Morgan fingerprint density at radius 2 is 1.71 bits per heavy atom. The van der Waals surface area contributed by atoms with Gasteiger partial charge in [-0.25, -0.2) is 0 Å². The van der Waals surface area contributed by atoms with Gasteiger partial charge in [0, 0.05) is 5.56 Å². The first-order valence-electron chi connectivity index (χ1n) is 5.93. The molecule has 0 amide bonds. The van der Waals surface area contributed by atoms with Gasteiger partial charge < -0.3 is 4.74 Å². The van der Waals surface area contributed by atoms with Crippen molar-refractivity contribution in [3.8, 4) is 16.9 Å². The van der Waals surface area contributed by atoms with E-state index in [1.807, 2.05) is 0 Å². The van der Waals surface area contributed by atoms with Gasteiger partial charge in [-0.15, -0.1) is 13.2 Å². The Labute approximate surface area is 124 Å². The van der Waals surface area contributed by atoms with Crippen molar-refractivity contribution >= 4 is 16.8 Å². The molecule has 2 aromatic rings. The minimum Gasteiger partial charge on any atom is -0.406 e. The predicted octanol–water partition coefficient (Wildman–Crippen LogP) is 4.94. The molecule has 110 valence electrons. The maximum atomic E-state index is 12.1. The minimum atomic E-state index is -4.73. The van der Waals surface area contributed by atoms with Crippen molar-refractivity contribution in [2.45, 2.75) is 13.3 Å². The number of aryl methyl sites for hydroxylation is 1. The van der Waals surface area contributed by atoms with Crippen molar-refractivity contribution < 1.29 is 22.7 Å². The topological polar surface area (TPSA) is 26.3 Å². The average molecular weight is 315 g/mol. The van der Waals surface area contributed by atoms with E-state index in [2.05, 4.69) is 4.74 Å². The van der Waals surface area contributed by atoms with Crippen LogP contribution in [0.4, 0.5) is 13.2 Å². The van der Waals surface area contributed by atoms with Crippen LogP contribution in [0.5, 0.6) is 5.75 Å². The molecule has 0 bridgehead atoms. The molecule has 0 N–H and O–H groups in total.